The lowest BCUT2D eigenvalue weighted by molar-refractivity contribution is -0.139. The molecule has 0 fully saturated rings. The van der Waals surface area contributed by atoms with Crippen LogP contribution in [0.2, 0.25) is 5.02 Å². The molecule has 0 bridgehead atoms. The quantitative estimate of drug-likeness (QED) is 0.405. The van der Waals surface area contributed by atoms with E-state index < -0.39 is 40.2 Å². The first kappa shape index (κ1) is 28.1. The number of carbonyl (C=O) groups is 2. The zero-order chi connectivity index (χ0) is 27.2. The second-order valence-electron chi connectivity index (χ2n) is 8.44. The fraction of sp³-hybridized carbons (Fsp3) is 0.259. The summed E-state index contributed by atoms with van der Waals surface area (Å²) in [5.74, 6) is -1.66. The van der Waals surface area contributed by atoms with Crippen molar-refractivity contribution in [3.05, 3.63) is 94.8 Å². The van der Waals surface area contributed by atoms with E-state index in [-0.39, 0.29) is 22.7 Å². The van der Waals surface area contributed by atoms with Crippen LogP contribution in [0.3, 0.4) is 0 Å². The first-order valence-corrected chi connectivity index (χ1v) is 13.5. The molecule has 0 aliphatic heterocycles. The standard InChI is InChI=1S/C27H29ClFN3O4S/c1-4-30-27(34)20(3)31(17-21-10-8-9-13-25(21)29)26(33)18-32(22-15-14-19(2)24(28)16-22)37(35,36)23-11-6-5-7-12-23/h5-16,20H,4,17-18H2,1-3H3,(H,30,34). The van der Waals surface area contributed by atoms with Gasteiger partial charge in [0.2, 0.25) is 11.8 Å². The molecule has 1 N–H and O–H groups in total. The summed E-state index contributed by atoms with van der Waals surface area (Å²) in [4.78, 5) is 27.5. The number of nitrogens with one attached hydrogen (secondary N) is 1. The number of rotatable bonds is 10. The van der Waals surface area contributed by atoms with Gasteiger partial charge in [0.05, 0.1) is 10.6 Å². The van der Waals surface area contributed by atoms with Gasteiger partial charge in [-0.2, -0.15) is 0 Å². The van der Waals surface area contributed by atoms with Crippen LogP contribution in [0, 0.1) is 12.7 Å². The molecule has 0 aliphatic rings. The molecule has 0 aliphatic carbocycles. The Labute approximate surface area is 221 Å². The third-order valence-corrected chi connectivity index (χ3v) is 8.07. The zero-order valence-electron chi connectivity index (χ0n) is 20.8. The molecular formula is C27H29ClFN3O4S. The van der Waals surface area contributed by atoms with Crippen LogP contribution < -0.4 is 9.62 Å². The number of anilines is 1. The van der Waals surface area contributed by atoms with Crippen molar-refractivity contribution in [3.63, 3.8) is 0 Å². The molecule has 0 saturated heterocycles. The van der Waals surface area contributed by atoms with Crippen LogP contribution in [0.4, 0.5) is 10.1 Å². The van der Waals surface area contributed by atoms with Crippen molar-refractivity contribution in [2.24, 2.45) is 0 Å². The number of halogens is 2. The van der Waals surface area contributed by atoms with Crippen molar-refractivity contribution in [1.29, 1.82) is 0 Å². The van der Waals surface area contributed by atoms with Crippen molar-refractivity contribution in [3.8, 4) is 0 Å². The summed E-state index contributed by atoms with van der Waals surface area (Å²) in [7, 11) is -4.20. The molecule has 1 unspecified atom stereocenters. The molecule has 0 spiro atoms. The van der Waals surface area contributed by atoms with Gasteiger partial charge >= 0.3 is 0 Å². The Morgan fingerprint density at radius 1 is 1.03 bits per heavy atom. The Kier molecular flexibility index (Phi) is 9.29. The minimum atomic E-state index is -4.20. The van der Waals surface area contributed by atoms with Gasteiger partial charge in [0, 0.05) is 23.7 Å². The number of benzene rings is 3. The molecule has 3 aromatic carbocycles. The zero-order valence-corrected chi connectivity index (χ0v) is 22.4. The maximum absolute atomic E-state index is 14.5. The van der Waals surface area contributed by atoms with Gasteiger partial charge < -0.3 is 10.2 Å². The van der Waals surface area contributed by atoms with Crippen molar-refractivity contribution in [2.45, 2.75) is 38.3 Å². The molecule has 0 radical (unpaired) electrons. The normalized spacial score (nSPS) is 12.0. The highest BCUT2D eigenvalue weighted by Gasteiger charge is 2.32. The van der Waals surface area contributed by atoms with Crippen molar-refractivity contribution >= 4 is 39.1 Å². The number of aryl methyl sites for hydroxylation is 1. The van der Waals surface area contributed by atoms with Crippen molar-refractivity contribution < 1.29 is 22.4 Å². The van der Waals surface area contributed by atoms with Crippen LogP contribution in [0.15, 0.2) is 77.7 Å². The topological polar surface area (TPSA) is 86.8 Å². The van der Waals surface area contributed by atoms with Crippen LogP contribution in [0.5, 0.6) is 0 Å². The third-order valence-electron chi connectivity index (χ3n) is 5.87. The molecule has 7 nitrogen and oxygen atoms in total. The van der Waals surface area contributed by atoms with E-state index in [2.05, 4.69) is 5.32 Å². The van der Waals surface area contributed by atoms with Crippen molar-refractivity contribution in [2.75, 3.05) is 17.4 Å². The summed E-state index contributed by atoms with van der Waals surface area (Å²) >= 11 is 6.29. The number of hydrogen-bond acceptors (Lipinski definition) is 4. The number of hydrogen-bond donors (Lipinski definition) is 1. The van der Waals surface area contributed by atoms with E-state index >= 15 is 0 Å². The number of nitrogens with zero attached hydrogens (tertiary/aromatic N) is 2. The molecule has 37 heavy (non-hydrogen) atoms. The number of likely N-dealkylation sites (N-methyl/N-ethyl adjacent to an activating group) is 1. The fourth-order valence-corrected chi connectivity index (χ4v) is 5.30. The predicted octanol–water partition coefficient (Wildman–Crippen LogP) is 4.54. The lowest BCUT2D eigenvalue weighted by atomic mass is 10.1. The van der Waals surface area contributed by atoms with Crippen LogP contribution >= 0.6 is 11.6 Å². The molecule has 2 amide bonds. The molecule has 0 saturated carbocycles. The highest BCUT2D eigenvalue weighted by atomic mass is 35.5. The van der Waals surface area contributed by atoms with E-state index in [0.29, 0.717) is 11.6 Å². The second-order valence-corrected chi connectivity index (χ2v) is 10.7. The van der Waals surface area contributed by atoms with Gasteiger partial charge in [-0.25, -0.2) is 12.8 Å². The second kappa shape index (κ2) is 12.2. The Morgan fingerprint density at radius 2 is 1.68 bits per heavy atom. The molecule has 10 heteroatoms. The van der Waals surface area contributed by atoms with E-state index in [1.54, 1.807) is 50.2 Å². The third kappa shape index (κ3) is 6.67. The largest absolute Gasteiger partial charge is 0.355 e. The van der Waals surface area contributed by atoms with Crippen molar-refractivity contribution in [1.82, 2.24) is 10.2 Å². The molecule has 0 aromatic heterocycles. The summed E-state index contributed by atoms with van der Waals surface area (Å²) in [6.45, 7) is 4.51. The Balaban J connectivity index is 2.05. The molecule has 3 aromatic rings. The van der Waals surface area contributed by atoms with Gasteiger partial charge in [-0.1, -0.05) is 54.1 Å². The Morgan fingerprint density at radius 3 is 2.30 bits per heavy atom. The lowest BCUT2D eigenvalue weighted by Gasteiger charge is -2.32. The fourth-order valence-electron chi connectivity index (χ4n) is 3.70. The minimum Gasteiger partial charge on any atom is -0.355 e. The lowest BCUT2D eigenvalue weighted by Crippen LogP contribution is -2.51. The average Bonchev–Trinajstić information content (AvgIpc) is 2.88. The Bertz CT molecular complexity index is 1370. The van der Waals surface area contributed by atoms with Crippen LogP contribution in [-0.4, -0.2) is 44.3 Å². The van der Waals surface area contributed by atoms with E-state index in [4.69, 9.17) is 11.6 Å². The van der Waals surface area contributed by atoms with E-state index in [1.807, 2.05) is 0 Å². The van der Waals surface area contributed by atoms with Gasteiger partial charge in [-0.05, 0) is 56.7 Å². The highest BCUT2D eigenvalue weighted by molar-refractivity contribution is 7.92. The van der Waals surface area contributed by atoms with E-state index in [9.17, 15) is 22.4 Å². The number of sulfonamides is 1. The maximum atomic E-state index is 14.5. The molecule has 0 heterocycles. The first-order valence-electron chi connectivity index (χ1n) is 11.7. The van der Waals surface area contributed by atoms with Crippen LogP contribution in [0.1, 0.15) is 25.0 Å². The maximum Gasteiger partial charge on any atom is 0.264 e. The van der Waals surface area contributed by atoms with Gasteiger partial charge in [0.15, 0.2) is 0 Å². The monoisotopic (exact) mass is 545 g/mol. The molecule has 3 rings (SSSR count). The highest BCUT2D eigenvalue weighted by Crippen LogP contribution is 2.28. The number of carbonyl (C=O) groups excluding carboxylic acids is 2. The SMILES string of the molecule is CCNC(=O)C(C)N(Cc1ccccc1F)C(=O)CN(c1ccc(C)c(Cl)c1)S(=O)(=O)c1ccccc1. The van der Waals surface area contributed by atoms with Crippen LogP contribution in [0.25, 0.3) is 0 Å². The van der Waals surface area contributed by atoms with Gasteiger partial charge in [-0.3, -0.25) is 13.9 Å². The Hall–Kier alpha value is -3.43. The van der Waals surface area contributed by atoms with Gasteiger partial charge in [0.25, 0.3) is 10.0 Å². The molecule has 196 valence electrons. The smallest absolute Gasteiger partial charge is 0.264 e. The minimum absolute atomic E-state index is 0.0167. The summed E-state index contributed by atoms with van der Waals surface area (Å²) in [5.41, 5.74) is 1.12. The summed E-state index contributed by atoms with van der Waals surface area (Å²) in [6.07, 6.45) is 0. The van der Waals surface area contributed by atoms with E-state index in [1.165, 1.54) is 48.2 Å². The van der Waals surface area contributed by atoms with Crippen LogP contribution in [-0.2, 0) is 26.2 Å². The summed E-state index contributed by atoms with van der Waals surface area (Å²) in [6, 6.07) is 17.3. The van der Waals surface area contributed by atoms with E-state index in [0.717, 1.165) is 9.87 Å². The average molecular weight is 546 g/mol. The first-order chi connectivity index (χ1) is 17.6. The number of amides is 2. The molecular weight excluding hydrogens is 517 g/mol. The van der Waals surface area contributed by atoms with Gasteiger partial charge in [0.1, 0.15) is 18.4 Å². The molecule has 1 atom stereocenters. The summed E-state index contributed by atoms with van der Waals surface area (Å²) < 4.78 is 42.8. The summed E-state index contributed by atoms with van der Waals surface area (Å²) in [5, 5.41) is 2.99. The van der Waals surface area contributed by atoms with Gasteiger partial charge in [-0.15, -0.1) is 0 Å². The predicted molar refractivity (Wildman–Crippen MR) is 142 cm³/mol.